The Morgan fingerprint density at radius 1 is 0.200 bits per heavy atom. The molecule has 0 heterocycles. The zero-order chi connectivity index (χ0) is 33.5. The first-order valence-corrected chi connectivity index (χ1v) is 20.2. The van der Waals surface area contributed by atoms with Crippen molar-refractivity contribution in [3.05, 3.63) is 21.3 Å². The fraction of sp³-hybridized carbons (Fsp3) is 1.00. The maximum absolute atomic E-state index is 4.45. The molecular weight excluding hydrogens is 628 g/mol. The molecule has 0 aromatic heterocycles. The van der Waals surface area contributed by atoms with Crippen molar-refractivity contribution in [1.29, 1.82) is 0 Å². The van der Waals surface area contributed by atoms with Crippen LogP contribution in [0.3, 0.4) is 0 Å². The van der Waals surface area contributed by atoms with Crippen molar-refractivity contribution >= 4 is 0 Å². The van der Waals surface area contributed by atoms with E-state index in [1.807, 2.05) is 0 Å². The van der Waals surface area contributed by atoms with E-state index in [-0.39, 0.29) is 26.2 Å². The molecular formula is C40H88N4Zr. The van der Waals surface area contributed by atoms with Gasteiger partial charge in [-0.05, 0) is 0 Å². The summed E-state index contributed by atoms with van der Waals surface area (Å²) in [4.78, 5) is 0. The molecule has 0 aliphatic rings. The van der Waals surface area contributed by atoms with Gasteiger partial charge in [0.1, 0.15) is 0 Å². The molecule has 0 aliphatic heterocycles. The number of hydrogen-bond acceptors (Lipinski definition) is 0. The van der Waals surface area contributed by atoms with Crippen LogP contribution in [0.5, 0.6) is 0 Å². The van der Waals surface area contributed by atoms with Crippen LogP contribution in [0.25, 0.3) is 21.3 Å². The predicted molar refractivity (Wildman–Crippen MR) is 209 cm³/mol. The number of unbranched alkanes of at least 4 members (excludes halogenated alkanes) is 16. The normalized spacial score (nSPS) is 10.1. The van der Waals surface area contributed by atoms with Crippen LogP contribution in [0.1, 0.15) is 209 Å². The topological polar surface area (TPSA) is 56.4 Å². The van der Waals surface area contributed by atoms with Gasteiger partial charge >= 0.3 is 26.2 Å². The fourth-order valence-corrected chi connectivity index (χ4v) is 4.24. The summed E-state index contributed by atoms with van der Waals surface area (Å²) in [5.41, 5.74) is 0. The minimum Gasteiger partial charge on any atom is -0.662 e. The van der Waals surface area contributed by atoms with Crippen LogP contribution in [0, 0.1) is 0 Å². The Labute approximate surface area is 307 Å². The van der Waals surface area contributed by atoms with Crippen LogP contribution in [0.4, 0.5) is 0 Å². The minimum absolute atomic E-state index is 0. The van der Waals surface area contributed by atoms with Crippen molar-refractivity contribution < 1.29 is 26.2 Å². The van der Waals surface area contributed by atoms with Gasteiger partial charge in [0, 0.05) is 0 Å². The molecule has 0 N–H and O–H groups in total. The van der Waals surface area contributed by atoms with Gasteiger partial charge < -0.3 is 21.3 Å². The Kier molecular flexibility index (Phi) is 77.7. The standard InChI is InChI=1S/4C10H22N.Zr/c4*1-3-5-7-9-11-10-8-6-4-2;/h4*3-10H2,1-2H3;/q4*-1;+4. The van der Waals surface area contributed by atoms with E-state index in [9.17, 15) is 0 Å². The summed E-state index contributed by atoms with van der Waals surface area (Å²) in [7, 11) is 0. The van der Waals surface area contributed by atoms with E-state index in [2.05, 4.69) is 76.7 Å². The van der Waals surface area contributed by atoms with E-state index in [1.54, 1.807) is 0 Å². The largest absolute Gasteiger partial charge is 4.00 e. The molecule has 0 spiro atoms. The second kappa shape index (κ2) is 63.4. The molecule has 0 saturated heterocycles. The molecule has 0 aliphatic carbocycles. The molecule has 45 heavy (non-hydrogen) atoms. The van der Waals surface area contributed by atoms with Crippen molar-refractivity contribution in [3.8, 4) is 0 Å². The van der Waals surface area contributed by atoms with Gasteiger partial charge in [-0.2, -0.15) is 0 Å². The number of hydrogen-bond donors (Lipinski definition) is 0. The molecule has 272 valence electrons. The maximum atomic E-state index is 4.45. The monoisotopic (exact) mass is 715 g/mol. The Hall–Kier alpha value is 0.723. The van der Waals surface area contributed by atoms with E-state index in [0.29, 0.717) is 0 Å². The van der Waals surface area contributed by atoms with Gasteiger partial charge in [0.05, 0.1) is 0 Å². The summed E-state index contributed by atoms with van der Waals surface area (Å²) in [6.07, 6.45) is 31.6. The van der Waals surface area contributed by atoms with Crippen LogP contribution in [0.2, 0.25) is 0 Å². The first kappa shape index (κ1) is 55.1. The minimum atomic E-state index is 0. The van der Waals surface area contributed by atoms with E-state index in [4.69, 9.17) is 0 Å². The summed E-state index contributed by atoms with van der Waals surface area (Å²) in [6, 6.07) is 0. The van der Waals surface area contributed by atoms with Crippen molar-refractivity contribution in [2.75, 3.05) is 52.4 Å². The van der Waals surface area contributed by atoms with Crippen LogP contribution >= 0.6 is 0 Å². The van der Waals surface area contributed by atoms with Gasteiger partial charge in [-0.3, -0.25) is 0 Å². The Balaban J connectivity index is -0.000000157. The van der Waals surface area contributed by atoms with E-state index in [1.165, 1.54) is 154 Å². The van der Waals surface area contributed by atoms with Crippen molar-refractivity contribution in [2.45, 2.75) is 209 Å². The van der Waals surface area contributed by atoms with Gasteiger partial charge in [0.2, 0.25) is 0 Å². The van der Waals surface area contributed by atoms with Crippen molar-refractivity contribution in [3.63, 3.8) is 0 Å². The van der Waals surface area contributed by atoms with Crippen LogP contribution in [-0.4, -0.2) is 52.4 Å². The summed E-state index contributed by atoms with van der Waals surface area (Å²) in [5.74, 6) is 0. The maximum Gasteiger partial charge on any atom is 4.00 e. The predicted octanol–water partition coefficient (Wildman–Crippen LogP) is 15.0. The molecule has 0 unspecified atom stereocenters. The molecule has 0 atom stereocenters. The Morgan fingerprint density at radius 3 is 0.400 bits per heavy atom. The smallest absolute Gasteiger partial charge is 0.662 e. The molecule has 4 nitrogen and oxygen atoms in total. The van der Waals surface area contributed by atoms with Gasteiger partial charge in [-0.1, -0.05) is 209 Å². The summed E-state index contributed by atoms with van der Waals surface area (Å²) in [5, 5.41) is 17.8. The molecule has 0 aromatic carbocycles. The summed E-state index contributed by atoms with van der Waals surface area (Å²) >= 11 is 0. The number of nitrogens with zero attached hydrogens (tertiary/aromatic N) is 4. The molecule has 0 fully saturated rings. The van der Waals surface area contributed by atoms with Crippen molar-refractivity contribution in [1.82, 2.24) is 0 Å². The quantitative estimate of drug-likeness (QED) is 0.0623. The molecule has 5 heteroatoms. The zero-order valence-corrected chi connectivity index (χ0v) is 35.4. The van der Waals surface area contributed by atoms with Crippen LogP contribution in [0.15, 0.2) is 0 Å². The SMILES string of the molecule is CCCCC[N-]CCCCC.CCCCC[N-]CCCCC.CCCCC[N-]CCCCC.CCCCC[N-]CCCCC.[Zr+4]. The Bertz CT molecular complexity index is 294. The molecule has 0 radical (unpaired) electrons. The van der Waals surface area contributed by atoms with E-state index < -0.39 is 0 Å². The average molecular weight is 716 g/mol. The fourth-order valence-electron chi connectivity index (χ4n) is 4.24. The molecule has 0 bridgehead atoms. The third kappa shape index (κ3) is 76.2. The van der Waals surface area contributed by atoms with E-state index >= 15 is 0 Å². The zero-order valence-electron chi connectivity index (χ0n) is 32.9. The number of rotatable bonds is 32. The van der Waals surface area contributed by atoms with Gasteiger partial charge in [-0.25, -0.2) is 0 Å². The first-order valence-electron chi connectivity index (χ1n) is 20.2. The van der Waals surface area contributed by atoms with Crippen LogP contribution in [-0.2, 0) is 26.2 Å². The average Bonchev–Trinajstić information content (AvgIpc) is 3.04. The second-order valence-electron chi connectivity index (χ2n) is 12.3. The van der Waals surface area contributed by atoms with Crippen LogP contribution < -0.4 is 0 Å². The Morgan fingerprint density at radius 2 is 0.311 bits per heavy atom. The third-order valence-electron chi connectivity index (χ3n) is 7.36. The van der Waals surface area contributed by atoms with Gasteiger partial charge in [0.15, 0.2) is 0 Å². The summed E-state index contributed by atoms with van der Waals surface area (Å²) < 4.78 is 0. The van der Waals surface area contributed by atoms with Gasteiger partial charge in [-0.15, -0.1) is 52.4 Å². The van der Waals surface area contributed by atoms with Gasteiger partial charge in [0.25, 0.3) is 0 Å². The molecule has 0 amide bonds. The third-order valence-corrected chi connectivity index (χ3v) is 7.36. The van der Waals surface area contributed by atoms with E-state index in [0.717, 1.165) is 52.4 Å². The molecule has 0 saturated carbocycles. The first-order chi connectivity index (χ1) is 21.7. The molecule has 0 aromatic rings. The molecule has 0 rings (SSSR count). The summed E-state index contributed by atoms with van der Waals surface area (Å²) in [6.45, 7) is 26.6. The second-order valence-corrected chi connectivity index (χ2v) is 12.3. The van der Waals surface area contributed by atoms with Crippen molar-refractivity contribution in [2.24, 2.45) is 0 Å².